The number of ether oxygens (including phenoxy) is 1. The summed E-state index contributed by atoms with van der Waals surface area (Å²) >= 11 is 0. The molecule has 0 heterocycles. The van der Waals surface area contributed by atoms with E-state index in [0.29, 0.717) is 5.75 Å². The lowest BCUT2D eigenvalue weighted by atomic mass is 10.2. The Labute approximate surface area is 117 Å². The van der Waals surface area contributed by atoms with E-state index >= 15 is 0 Å². The summed E-state index contributed by atoms with van der Waals surface area (Å²) in [4.78, 5) is 10.7. The molecule has 0 spiro atoms. The summed E-state index contributed by atoms with van der Waals surface area (Å²) < 4.78 is 30.4. The van der Waals surface area contributed by atoms with E-state index in [0.717, 1.165) is 5.56 Å². The first kappa shape index (κ1) is 16.4. The van der Waals surface area contributed by atoms with Crippen LogP contribution >= 0.6 is 0 Å². The molecule has 1 aromatic rings. The van der Waals surface area contributed by atoms with Gasteiger partial charge < -0.3 is 14.9 Å². The van der Waals surface area contributed by atoms with Crippen LogP contribution < -0.4 is 9.46 Å². The van der Waals surface area contributed by atoms with Crippen molar-refractivity contribution in [3.63, 3.8) is 0 Å². The van der Waals surface area contributed by atoms with E-state index in [4.69, 9.17) is 14.9 Å². The number of sulfonamides is 1. The van der Waals surface area contributed by atoms with Gasteiger partial charge in [-0.05, 0) is 24.1 Å². The zero-order valence-electron chi connectivity index (χ0n) is 10.9. The van der Waals surface area contributed by atoms with Crippen LogP contribution in [0.4, 0.5) is 0 Å². The average Bonchev–Trinajstić information content (AvgIpc) is 2.42. The number of carbonyl (C=O) groups is 1. The third-order valence-corrected chi connectivity index (χ3v) is 3.98. The summed E-state index contributed by atoms with van der Waals surface area (Å²) in [6, 6.07) is 5.41. The Hall–Kier alpha value is -1.64. The molecule has 112 valence electrons. The van der Waals surface area contributed by atoms with Crippen LogP contribution in [0.2, 0.25) is 0 Å². The molecule has 1 rings (SSSR count). The van der Waals surface area contributed by atoms with Gasteiger partial charge in [-0.15, -0.1) is 0 Å². The van der Waals surface area contributed by atoms with Gasteiger partial charge in [-0.3, -0.25) is 4.79 Å². The predicted molar refractivity (Wildman–Crippen MR) is 72.1 cm³/mol. The molecule has 0 aliphatic rings. The second-order valence-electron chi connectivity index (χ2n) is 4.11. The molecule has 0 aromatic heterocycles. The number of carboxylic acid groups (broad SMARTS) is 1. The van der Waals surface area contributed by atoms with Crippen LogP contribution in [-0.4, -0.2) is 50.1 Å². The zero-order valence-corrected chi connectivity index (χ0v) is 11.8. The van der Waals surface area contributed by atoms with Crippen LogP contribution in [0.15, 0.2) is 24.3 Å². The molecule has 20 heavy (non-hydrogen) atoms. The van der Waals surface area contributed by atoms with Crippen molar-refractivity contribution in [1.82, 2.24) is 4.72 Å². The maximum absolute atomic E-state index is 11.7. The molecule has 0 aliphatic carbocycles. The van der Waals surface area contributed by atoms with E-state index in [9.17, 15) is 13.2 Å². The number of rotatable bonds is 8. The third kappa shape index (κ3) is 5.16. The Bertz CT molecular complexity index is 557. The van der Waals surface area contributed by atoms with Gasteiger partial charge in [0.05, 0.1) is 19.5 Å². The highest BCUT2D eigenvalue weighted by Gasteiger charge is 2.22. The standard InChI is InChI=1S/C12H17NO6S/c1-19-10-4-2-3-9(7-10)5-6-20(17,18)13-11(8-14)12(15)16/h2-4,7,11,13-14H,5-6,8H2,1H3,(H,15,16)/t11-/m0/s1. The van der Waals surface area contributed by atoms with Gasteiger partial charge in [0.15, 0.2) is 0 Å². The largest absolute Gasteiger partial charge is 0.497 e. The SMILES string of the molecule is COc1cccc(CCS(=O)(=O)N[C@@H](CO)C(=O)O)c1. The van der Waals surface area contributed by atoms with E-state index in [2.05, 4.69) is 0 Å². The molecule has 0 amide bonds. The van der Waals surface area contributed by atoms with Gasteiger partial charge in [0.1, 0.15) is 11.8 Å². The first-order valence-electron chi connectivity index (χ1n) is 5.84. The lowest BCUT2D eigenvalue weighted by Gasteiger charge is -2.12. The van der Waals surface area contributed by atoms with E-state index in [1.165, 1.54) is 7.11 Å². The summed E-state index contributed by atoms with van der Waals surface area (Å²) in [5.41, 5.74) is 0.755. The zero-order chi connectivity index (χ0) is 15.2. The van der Waals surface area contributed by atoms with Crippen molar-refractivity contribution >= 4 is 16.0 Å². The van der Waals surface area contributed by atoms with E-state index < -0.39 is 28.6 Å². The van der Waals surface area contributed by atoms with Gasteiger partial charge in [-0.25, -0.2) is 8.42 Å². The van der Waals surface area contributed by atoms with Crippen molar-refractivity contribution < 1.29 is 28.2 Å². The normalized spacial score (nSPS) is 12.9. The third-order valence-electron chi connectivity index (χ3n) is 2.60. The molecular weight excluding hydrogens is 286 g/mol. The van der Waals surface area contributed by atoms with Gasteiger partial charge in [0, 0.05) is 0 Å². The summed E-state index contributed by atoms with van der Waals surface area (Å²) in [5.74, 6) is -1.08. The molecule has 8 heteroatoms. The number of hydrogen-bond acceptors (Lipinski definition) is 5. The Kier molecular flexibility index (Phi) is 5.93. The van der Waals surface area contributed by atoms with Gasteiger partial charge in [0.25, 0.3) is 0 Å². The molecule has 0 radical (unpaired) electrons. The lowest BCUT2D eigenvalue weighted by molar-refractivity contribution is -0.139. The smallest absolute Gasteiger partial charge is 0.324 e. The topological polar surface area (TPSA) is 113 Å². The van der Waals surface area contributed by atoms with Crippen LogP contribution in [0.3, 0.4) is 0 Å². The van der Waals surface area contributed by atoms with Crippen LogP contribution in [0.5, 0.6) is 5.75 Å². The van der Waals surface area contributed by atoms with Gasteiger partial charge in [-0.2, -0.15) is 4.72 Å². The number of aliphatic hydroxyl groups excluding tert-OH is 1. The first-order chi connectivity index (χ1) is 9.38. The Morgan fingerprint density at radius 3 is 2.70 bits per heavy atom. The molecule has 0 aliphatic heterocycles. The number of benzene rings is 1. The maximum atomic E-state index is 11.7. The average molecular weight is 303 g/mol. The van der Waals surface area contributed by atoms with Crippen molar-refractivity contribution in [2.45, 2.75) is 12.5 Å². The molecule has 7 nitrogen and oxygen atoms in total. The van der Waals surface area contributed by atoms with Gasteiger partial charge in [0.2, 0.25) is 10.0 Å². The summed E-state index contributed by atoms with van der Waals surface area (Å²) in [5, 5.41) is 17.5. The molecule has 0 fully saturated rings. The second-order valence-corrected chi connectivity index (χ2v) is 5.99. The fraction of sp³-hybridized carbons (Fsp3) is 0.417. The molecule has 0 unspecified atom stereocenters. The van der Waals surface area contributed by atoms with Crippen molar-refractivity contribution in [2.75, 3.05) is 19.5 Å². The molecular formula is C12H17NO6S. The Morgan fingerprint density at radius 1 is 1.45 bits per heavy atom. The van der Waals surface area contributed by atoms with Crippen LogP contribution in [-0.2, 0) is 21.2 Å². The molecule has 0 saturated heterocycles. The molecule has 1 aromatic carbocycles. The molecule has 0 saturated carbocycles. The number of nitrogens with one attached hydrogen (secondary N) is 1. The van der Waals surface area contributed by atoms with Crippen molar-refractivity contribution in [2.24, 2.45) is 0 Å². The number of methoxy groups -OCH3 is 1. The monoisotopic (exact) mass is 303 g/mol. The summed E-state index contributed by atoms with van der Waals surface area (Å²) in [6.45, 7) is -0.798. The second kappa shape index (κ2) is 7.22. The number of aliphatic carboxylic acids is 1. The minimum absolute atomic E-state index is 0.213. The number of hydrogen-bond donors (Lipinski definition) is 3. The predicted octanol–water partition coefficient (Wildman–Crippen LogP) is -0.397. The fourth-order valence-corrected chi connectivity index (χ4v) is 2.75. The highest BCUT2D eigenvalue weighted by Crippen LogP contribution is 2.13. The van der Waals surface area contributed by atoms with Crippen LogP contribution in [0, 0.1) is 0 Å². The van der Waals surface area contributed by atoms with E-state index in [-0.39, 0.29) is 12.2 Å². The first-order valence-corrected chi connectivity index (χ1v) is 7.50. The summed E-state index contributed by atoms with van der Waals surface area (Å²) in [6.07, 6.45) is 0.213. The Balaban J connectivity index is 2.65. The quantitative estimate of drug-likeness (QED) is 0.602. The minimum Gasteiger partial charge on any atom is -0.497 e. The molecule has 1 atom stereocenters. The van der Waals surface area contributed by atoms with Crippen molar-refractivity contribution in [3.8, 4) is 5.75 Å². The maximum Gasteiger partial charge on any atom is 0.324 e. The highest BCUT2D eigenvalue weighted by molar-refractivity contribution is 7.89. The van der Waals surface area contributed by atoms with Gasteiger partial charge in [-0.1, -0.05) is 12.1 Å². The molecule has 0 bridgehead atoms. The number of aryl methyl sites for hydroxylation is 1. The minimum atomic E-state index is -3.79. The number of carboxylic acids is 1. The highest BCUT2D eigenvalue weighted by atomic mass is 32.2. The van der Waals surface area contributed by atoms with E-state index in [1.54, 1.807) is 24.3 Å². The van der Waals surface area contributed by atoms with Gasteiger partial charge >= 0.3 is 5.97 Å². The summed E-state index contributed by atoms with van der Waals surface area (Å²) in [7, 11) is -2.28. The Morgan fingerprint density at radius 2 is 2.15 bits per heavy atom. The fourth-order valence-electron chi connectivity index (χ4n) is 1.52. The number of aliphatic hydroxyl groups is 1. The van der Waals surface area contributed by atoms with Crippen molar-refractivity contribution in [3.05, 3.63) is 29.8 Å². The van der Waals surface area contributed by atoms with E-state index in [1.807, 2.05) is 4.72 Å². The van der Waals surface area contributed by atoms with Crippen molar-refractivity contribution in [1.29, 1.82) is 0 Å². The lowest BCUT2D eigenvalue weighted by Crippen LogP contribution is -2.44. The van der Waals surface area contributed by atoms with Crippen LogP contribution in [0.25, 0.3) is 0 Å². The molecule has 3 N–H and O–H groups in total. The van der Waals surface area contributed by atoms with Crippen LogP contribution in [0.1, 0.15) is 5.56 Å².